The van der Waals surface area contributed by atoms with Crippen molar-refractivity contribution in [3.8, 4) is 0 Å². The van der Waals surface area contributed by atoms with Gasteiger partial charge in [0.05, 0.1) is 4.90 Å². The molecule has 0 radical (unpaired) electrons. The van der Waals surface area contributed by atoms with Crippen molar-refractivity contribution in [1.82, 2.24) is 14.7 Å². The third-order valence-electron chi connectivity index (χ3n) is 3.96. The molecule has 0 bridgehead atoms. The number of nitrogens with one attached hydrogen (secondary N) is 1. The maximum atomic E-state index is 12.6. The van der Waals surface area contributed by atoms with Crippen molar-refractivity contribution in [3.05, 3.63) is 28.8 Å². The van der Waals surface area contributed by atoms with E-state index in [2.05, 4.69) is 9.73 Å². The monoisotopic (exact) mass is 312 g/mol. The van der Waals surface area contributed by atoms with Crippen LogP contribution in [0.15, 0.2) is 17.0 Å². The van der Waals surface area contributed by atoms with Crippen LogP contribution in [-0.4, -0.2) is 51.6 Å². The molecule has 0 unspecified atom stereocenters. The van der Waals surface area contributed by atoms with Gasteiger partial charge in [-0.1, -0.05) is 6.07 Å². The molecule has 1 aromatic carbocycles. The molecule has 1 saturated heterocycles. The second-order valence-corrected chi connectivity index (χ2v) is 7.25. The van der Waals surface area contributed by atoms with Gasteiger partial charge in [0.15, 0.2) is 0 Å². The fourth-order valence-corrected chi connectivity index (χ4v) is 3.90. The molecule has 0 saturated carbocycles. The molecule has 2 rings (SSSR count). The van der Waals surface area contributed by atoms with Gasteiger partial charge in [-0.3, -0.25) is 0 Å². The van der Waals surface area contributed by atoms with Crippen molar-refractivity contribution >= 4 is 10.0 Å². The normalized spacial score (nSPS) is 18.1. The number of likely N-dealkylation sites (N-methyl/N-ethyl adjacent to an activating group) is 1. The number of hydrazine groups is 1. The molecule has 0 atom stereocenters. The van der Waals surface area contributed by atoms with E-state index in [9.17, 15) is 8.42 Å². The summed E-state index contributed by atoms with van der Waals surface area (Å²) >= 11 is 0. The largest absolute Gasteiger partial charge is 0.326 e. The SMILES string of the molecule is Cc1cc(CN)cc(S(=O)(=O)NN2CCN(C)CC2)c1C. The number of nitrogens with zero attached hydrogens (tertiary/aromatic N) is 2. The van der Waals surface area contributed by atoms with Crippen LogP contribution >= 0.6 is 0 Å². The van der Waals surface area contributed by atoms with Gasteiger partial charge >= 0.3 is 0 Å². The lowest BCUT2D eigenvalue weighted by molar-refractivity contribution is 0.135. The molecular formula is C14H24N4O2S. The van der Waals surface area contributed by atoms with Crippen LogP contribution in [0.1, 0.15) is 16.7 Å². The first-order chi connectivity index (χ1) is 9.83. The smallest absolute Gasteiger partial charge is 0.253 e. The van der Waals surface area contributed by atoms with E-state index in [1.54, 1.807) is 11.1 Å². The molecule has 1 aromatic rings. The lowest BCUT2D eigenvalue weighted by atomic mass is 10.1. The van der Waals surface area contributed by atoms with Gasteiger partial charge in [-0.15, -0.1) is 4.83 Å². The van der Waals surface area contributed by atoms with Gasteiger partial charge in [-0.2, -0.15) is 0 Å². The van der Waals surface area contributed by atoms with Gasteiger partial charge in [0.25, 0.3) is 10.0 Å². The summed E-state index contributed by atoms with van der Waals surface area (Å²) in [5.74, 6) is 0. The Morgan fingerprint density at radius 3 is 2.38 bits per heavy atom. The summed E-state index contributed by atoms with van der Waals surface area (Å²) in [4.78, 5) is 5.19. The first-order valence-electron chi connectivity index (χ1n) is 7.09. The van der Waals surface area contributed by atoms with Crippen LogP contribution in [0.5, 0.6) is 0 Å². The molecule has 1 heterocycles. The number of aryl methyl sites for hydroxylation is 1. The van der Waals surface area contributed by atoms with E-state index >= 15 is 0 Å². The minimum Gasteiger partial charge on any atom is -0.326 e. The molecule has 118 valence electrons. The molecule has 7 heteroatoms. The maximum absolute atomic E-state index is 12.6. The quantitative estimate of drug-likeness (QED) is 0.830. The van der Waals surface area contributed by atoms with Crippen molar-refractivity contribution in [1.29, 1.82) is 0 Å². The first kappa shape index (κ1) is 16.4. The average Bonchev–Trinajstić information content (AvgIpc) is 2.43. The lowest BCUT2D eigenvalue weighted by Gasteiger charge is -2.32. The fourth-order valence-electron chi connectivity index (χ4n) is 2.41. The maximum Gasteiger partial charge on any atom is 0.253 e. The summed E-state index contributed by atoms with van der Waals surface area (Å²) < 4.78 is 25.2. The van der Waals surface area contributed by atoms with Crippen LogP contribution < -0.4 is 10.6 Å². The lowest BCUT2D eigenvalue weighted by Crippen LogP contribution is -2.52. The summed E-state index contributed by atoms with van der Waals surface area (Å²) in [6.07, 6.45) is 0. The highest BCUT2D eigenvalue weighted by Crippen LogP contribution is 2.21. The van der Waals surface area contributed by atoms with Crippen molar-refractivity contribution in [3.63, 3.8) is 0 Å². The highest BCUT2D eigenvalue weighted by molar-refractivity contribution is 7.89. The molecule has 0 spiro atoms. The van der Waals surface area contributed by atoms with Crippen LogP contribution in [-0.2, 0) is 16.6 Å². The van der Waals surface area contributed by atoms with Gasteiger partial charge in [0.1, 0.15) is 0 Å². The summed E-state index contributed by atoms with van der Waals surface area (Å²) in [5, 5.41) is 1.76. The minimum absolute atomic E-state index is 0.321. The van der Waals surface area contributed by atoms with Gasteiger partial charge < -0.3 is 10.6 Å². The Hall–Kier alpha value is -0.990. The van der Waals surface area contributed by atoms with Gasteiger partial charge in [0, 0.05) is 32.7 Å². The Kier molecular flexibility index (Phi) is 5.00. The van der Waals surface area contributed by atoms with Crippen LogP contribution in [0.3, 0.4) is 0 Å². The molecule has 1 aliphatic heterocycles. The second-order valence-electron chi connectivity index (χ2n) is 5.63. The highest BCUT2D eigenvalue weighted by Gasteiger charge is 2.23. The molecule has 0 aromatic heterocycles. The predicted octanol–water partition coefficient (Wildman–Crippen LogP) is 0.203. The van der Waals surface area contributed by atoms with E-state index in [-0.39, 0.29) is 0 Å². The van der Waals surface area contributed by atoms with E-state index < -0.39 is 10.0 Å². The summed E-state index contributed by atoms with van der Waals surface area (Å²) in [6, 6.07) is 3.60. The van der Waals surface area contributed by atoms with E-state index in [1.807, 2.05) is 27.0 Å². The van der Waals surface area contributed by atoms with Gasteiger partial charge in [-0.05, 0) is 43.7 Å². The van der Waals surface area contributed by atoms with Crippen LogP contribution in [0.2, 0.25) is 0 Å². The Morgan fingerprint density at radius 1 is 1.19 bits per heavy atom. The predicted molar refractivity (Wildman–Crippen MR) is 83.2 cm³/mol. The Labute approximate surface area is 126 Å². The molecule has 21 heavy (non-hydrogen) atoms. The standard InChI is InChI=1S/C14H24N4O2S/c1-11-8-13(10-15)9-14(12(11)2)21(19,20)16-18-6-4-17(3)5-7-18/h8-9,16H,4-7,10,15H2,1-3H3. The summed E-state index contributed by atoms with van der Waals surface area (Å²) in [7, 11) is -1.53. The zero-order valence-electron chi connectivity index (χ0n) is 12.9. The number of nitrogens with two attached hydrogens (primary N) is 1. The number of benzene rings is 1. The topological polar surface area (TPSA) is 78.7 Å². The van der Waals surface area contributed by atoms with Crippen molar-refractivity contribution in [2.24, 2.45) is 5.73 Å². The summed E-state index contributed by atoms with van der Waals surface area (Å²) in [5.41, 5.74) is 8.19. The molecule has 0 amide bonds. The van der Waals surface area contributed by atoms with E-state index in [0.29, 0.717) is 24.5 Å². The van der Waals surface area contributed by atoms with Crippen molar-refractivity contribution in [2.45, 2.75) is 25.3 Å². The fraction of sp³-hybridized carbons (Fsp3) is 0.571. The van der Waals surface area contributed by atoms with E-state index in [0.717, 1.165) is 29.8 Å². The second kappa shape index (κ2) is 6.41. The van der Waals surface area contributed by atoms with Crippen LogP contribution in [0, 0.1) is 13.8 Å². The Morgan fingerprint density at radius 2 is 1.81 bits per heavy atom. The zero-order valence-corrected chi connectivity index (χ0v) is 13.7. The molecular weight excluding hydrogens is 288 g/mol. The molecule has 0 aliphatic carbocycles. The van der Waals surface area contributed by atoms with Gasteiger partial charge in [0.2, 0.25) is 0 Å². The number of rotatable bonds is 4. The number of hydrogen-bond donors (Lipinski definition) is 2. The number of hydrogen-bond acceptors (Lipinski definition) is 5. The van der Waals surface area contributed by atoms with Gasteiger partial charge in [-0.25, -0.2) is 13.4 Å². The first-order valence-corrected chi connectivity index (χ1v) is 8.58. The van der Waals surface area contributed by atoms with Crippen LogP contribution in [0.4, 0.5) is 0 Å². The molecule has 6 nitrogen and oxygen atoms in total. The Balaban J connectivity index is 2.25. The van der Waals surface area contributed by atoms with Crippen LogP contribution in [0.25, 0.3) is 0 Å². The summed E-state index contributed by atoms with van der Waals surface area (Å²) in [6.45, 7) is 7.14. The molecule has 3 N–H and O–H groups in total. The zero-order chi connectivity index (χ0) is 15.6. The van der Waals surface area contributed by atoms with Crippen molar-refractivity contribution < 1.29 is 8.42 Å². The van der Waals surface area contributed by atoms with E-state index in [4.69, 9.17) is 5.73 Å². The third kappa shape index (κ3) is 3.81. The Bertz CT molecular complexity index is 608. The minimum atomic E-state index is -3.56. The average molecular weight is 312 g/mol. The third-order valence-corrected chi connectivity index (χ3v) is 5.46. The van der Waals surface area contributed by atoms with E-state index in [1.165, 1.54) is 0 Å². The number of piperazine rings is 1. The van der Waals surface area contributed by atoms with Crippen molar-refractivity contribution in [2.75, 3.05) is 33.2 Å². The molecule has 1 aliphatic rings. The number of sulfonamides is 1. The molecule has 1 fully saturated rings. The highest BCUT2D eigenvalue weighted by atomic mass is 32.2.